The van der Waals surface area contributed by atoms with Crippen molar-refractivity contribution < 1.29 is 14.3 Å². The fourth-order valence-corrected chi connectivity index (χ4v) is 4.18. The lowest BCUT2D eigenvalue weighted by atomic mass is 10.1. The molecular weight excluding hydrogens is 460 g/mol. The Morgan fingerprint density at radius 3 is 2.08 bits per heavy atom. The summed E-state index contributed by atoms with van der Waals surface area (Å²) in [7, 11) is 0. The van der Waals surface area contributed by atoms with Crippen LogP contribution in [-0.4, -0.2) is 18.5 Å². The molecule has 0 unspecified atom stereocenters. The number of nitrogens with one attached hydrogen (secondary N) is 1. The molecule has 37 heavy (non-hydrogen) atoms. The molecule has 0 aliphatic carbocycles. The largest absolute Gasteiger partial charge is 0.462 e. The number of anilines is 3. The van der Waals surface area contributed by atoms with Crippen LogP contribution in [-0.2, 0) is 9.53 Å². The fourth-order valence-electron chi connectivity index (χ4n) is 4.18. The minimum atomic E-state index is -0.360. The molecule has 4 aromatic rings. The van der Waals surface area contributed by atoms with Crippen molar-refractivity contribution in [3.05, 3.63) is 138 Å². The molecule has 4 aromatic carbocycles. The van der Waals surface area contributed by atoms with E-state index in [2.05, 4.69) is 5.32 Å². The molecule has 0 atom stereocenters. The van der Waals surface area contributed by atoms with Crippen LogP contribution < -0.4 is 10.2 Å². The smallest absolute Gasteiger partial charge is 0.338 e. The third-order valence-corrected chi connectivity index (χ3v) is 5.98. The number of carbonyl (C=O) groups excluding carboxylic acids is 2. The van der Waals surface area contributed by atoms with Crippen LogP contribution in [0.25, 0.3) is 11.8 Å². The predicted molar refractivity (Wildman–Crippen MR) is 148 cm³/mol. The number of amides is 1. The topological polar surface area (TPSA) is 58.6 Å². The highest BCUT2D eigenvalue weighted by molar-refractivity contribution is 6.23. The van der Waals surface area contributed by atoms with E-state index in [1.165, 1.54) is 0 Å². The van der Waals surface area contributed by atoms with E-state index in [-0.39, 0.29) is 11.9 Å². The maximum absolute atomic E-state index is 13.6. The molecule has 1 aliphatic rings. The Kier molecular flexibility index (Phi) is 6.95. The van der Waals surface area contributed by atoms with Crippen molar-refractivity contribution in [3.8, 4) is 0 Å². The maximum Gasteiger partial charge on any atom is 0.338 e. The first-order valence-corrected chi connectivity index (χ1v) is 12.1. The molecule has 0 saturated carbocycles. The summed E-state index contributed by atoms with van der Waals surface area (Å²) in [5.74, 6) is -0.474. The second-order valence-corrected chi connectivity index (χ2v) is 8.52. The van der Waals surface area contributed by atoms with E-state index in [0.29, 0.717) is 17.7 Å². The van der Waals surface area contributed by atoms with Gasteiger partial charge in [-0.2, -0.15) is 0 Å². The number of benzene rings is 4. The van der Waals surface area contributed by atoms with E-state index in [9.17, 15) is 9.59 Å². The summed E-state index contributed by atoms with van der Waals surface area (Å²) in [6, 6.07) is 34.7. The zero-order valence-electron chi connectivity index (χ0n) is 20.4. The van der Waals surface area contributed by atoms with E-state index in [4.69, 9.17) is 4.74 Å². The first-order chi connectivity index (χ1) is 18.1. The summed E-state index contributed by atoms with van der Waals surface area (Å²) < 4.78 is 5.06. The molecule has 5 nitrogen and oxygen atoms in total. The Bertz CT molecular complexity index is 1460. The summed E-state index contributed by atoms with van der Waals surface area (Å²) in [6.45, 7) is 2.10. The van der Waals surface area contributed by atoms with Gasteiger partial charge in [0.15, 0.2) is 0 Å². The number of nitrogens with zero attached hydrogens (tertiary/aromatic N) is 1. The zero-order chi connectivity index (χ0) is 25.6. The van der Waals surface area contributed by atoms with Crippen molar-refractivity contribution in [3.63, 3.8) is 0 Å². The van der Waals surface area contributed by atoms with Gasteiger partial charge < -0.3 is 10.1 Å². The number of ether oxygens (including phenoxy) is 1. The second-order valence-electron chi connectivity index (χ2n) is 8.52. The third-order valence-electron chi connectivity index (χ3n) is 5.98. The van der Waals surface area contributed by atoms with Crippen molar-refractivity contribution in [2.45, 2.75) is 6.92 Å². The Morgan fingerprint density at radius 2 is 1.43 bits per heavy atom. The first-order valence-electron chi connectivity index (χ1n) is 12.1. The van der Waals surface area contributed by atoms with Gasteiger partial charge in [0.2, 0.25) is 0 Å². The highest BCUT2D eigenvalue weighted by Crippen LogP contribution is 2.36. The average Bonchev–Trinajstić information content (AvgIpc) is 3.26. The highest BCUT2D eigenvalue weighted by Gasteiger charge is 2.30. The van der Waals surface area contributed by atoms with Crippen molar-refractivity contribution in [2.24, 2.45) is 0 Å². The molecule has 5 rings (SSSR count). The van der Waals surface area contributed by atoms with Crippen LogP contribution in [0.4, 0.5) is 17.1 Å². The number of carbonyl (C=O) groups is 2. The molecule has 0 saturated heterocycles. The molecule has 0 aromatic heterocycles. The van der Waals surface area contributed by atoms with E-state index in [1.807, 2.05) is 109 Å². The van der Waals surface area contributed by atoms with Crippen molar-refractivity contribution in [2.75, 3.05) is 16.8 Å². The van der Waals surface area contributed by atoms with E-state index in [0.717, 1.165) is 33.9 Å². The monoisotopic (exact) mass is 486 g/mol. The predicted octanol–water partition coefficient (Wildman–Crippen LogP) is 7.08. The minimum Gasteiger partial charge on any atom is -0.462 e. The maximum atomic E-state index is 13.6. The van der Waals surface area contributed by atoms with Crippen molar-refractivity contribution >= 4 is 40.7 Å². The molecule has 1 aliphatic heterocycles. The summed E-state index contributed by atoms with van der Waals surface area (Å²) in [5.41, 5.74) is 6.33. The second kappa shape index (κ2) is 10.8. The van der Waals surface area contributed by atoms with Crippen LogP contribution >= 0.6 is 0 Å². The van der Waals surface area contributed by atoms with Crippen LogP contribution in [0, 0.1) is 0 Å². The molecule has 1 heterocycles. The molecule has 0 bridgehead atoms. The van der Waals surface area contributed by atoms with Gasteiger partial charge in [0.05, 0.1) is 17.9 Å². The molecular formula is C32H26N2O3. The van der Waals surface area contributed by atoms with Gasteiger partial charge in [0.25, 0.3) is 5.91 Å². The Hall–Kier alpha value is -4.90. The van der Waals surface area contributed by atoms with Crippen molar-refractivity contribution in [1.82, 2.24) is 0 Å². The van der Waals surface area contributed by atoms with Crippen LogP contribution in [0.15, 0.2) is 121 Å². The van der Waals surface area contributed by atoms with Crippen LogP contribution in [0.5, 0.6) is 0 Å². The summed E-state index contributed by atoms with van der Waals surface area (Å²) in [4.78, 5) is 27.3. The van der Waals surface area contributed by atoms with Gasteiger partial charge in [-0.1, -0.05) is 60.7 Å². The van der Waals surface area contributed by atoms with Gasteiger partial charge in [-0.25, -0.2) is 4.79 Å². The van der Waals surface area contributed by atoms with Gasteiger partial charge in [0, 0.05) is 22.6 Å². The number of hydrogen-bond donors (Lipinski definition) is 1. The van der Waals surface area contributed by atoms with Gasteiger partial charge >= 0.3 is 5.97 Å². The SMILES string of the molecule is CCOC(=O)c1ccc(/C=C2/C=C(c3ccccc3)N(c3ccc(Nc4ccccc4)cc3)C2=O)cc1. The molecule has 182 valence electrons. The minimum absolute atomic E-state index is 0.114. The lowest BCUT2D eigenvalue weighted by Crippen LogP contribution is -2.24. The number of rotatable bonds is 7. The van der Waals surface area contributed by atoms with E-state index in [1.54, 1.807) is 24.0 Å². The molecule has 1 amide bonds. The molecule has 5 heteroatoms. The number of para-hydroxylation sites is 1. The lowest BCUT2D eigenvalue weighted by Gasteiger charge is -2.21. The molecule has 0 fully saturated rings. The summed E-state index contributed by atoms with van der Waals surface area (Å²) >= 11 is 0. The summed E-state index contributed by atoms with van der Waals surface area (Å²) in [5, 5.41) is 3.38. The zero-order valence-corrected chi connectivity index (χ0v) is 20.4. The third kappa shape index (κ3) is 5.36. The van der Waals surface area contributed by atoms with E-state index >= 15 is 0 Å². The lowest BCUT2D eigenvalue weighted by molar-refractivity contribution is -0.113. The number of esters is 1. The van der Waals surface area contributed by atoms with Gasteiger partial charge in [-0.15, -0.1) is 0 Å². The van der Waals surface area contributed by atoms with Crippen molar-refractivity contribution in [1.29, 1.82) is 0 Å². The van der Waals surface area contributed by atoms with Crippen LogP contribution in [0.3, 0.4) is 0 Å². The summed E-state index contributed by atoms with van der Waals surface area (Å²) in [6.07, 6.45) is 3.75. The Morgan fingerprint density at radius 1 is 0.811 bits per heavy atom. The van der Waals surface area contributed by atoms with Crippen LogP contribution in [0.2, 0.25) is 0 Å². The molecule has 0 radical (unpaired) electrons. The molecule has 0 spiro atoms. The Balaban J connectivity index is 1.45. The van der Waals surface area contributed by atoms with Gasteiger partial charge in [-0.05, 0) is 78.7 Å². The average molecular weight is 487 g/mol. The normalized spacial score (nSPS) is 14.0. The highest BCUT2D eigenvalue weighted by atomic mass is 16.5. The van der Waals surface area contributed by atoms with Gasteiger partial charge in [0.1, 0.15) is 0 Å². The first kappa shape index (κ1) is 23.8. The standard InChI is InChI=1S/C32H26N2O3/c1-2-37-32(36)25-15-13-23(14-16-25)21-26-22-30(24-9-5-3-6-10-24)34(31(26)35)29-19-17-28(18-20-29)33-27-11-7-4-8-12-27/h3-22,33H,2H2,1H3/b26-21-. The fraction of sp³-hybridized carbons (Fsp3) is 0.0625. The Labute approximate surface area is 216 Å². The van der Waals surface area contributed by atoms with Gasteiger partial charge in [-0.3, -0.25) is 9.69 Å². The quantitative estimate of drug-likeness (QED) is 0.224. The molecule has 1 N–H and O–H groups in total. The van der Waals surface area contributed by atoms with Crippen LogP contribution in [0.1, 0.15) is 28.4 Å². The van der Waals surface area contributed by atoms with E-state index < -0.39 is 0 Å². The number of hydrogen-bond acceptors (Lipinski definition) is 4.